The standard InChI is InChI=1S/C22H28N2O2S.ClH/c25-21(26)8-3-15-1-4-17(5-2-15)22-24-20(14-27-22)19-7-6-16-9-11-23-12-10-18(16)13-19;/h6-7,13-15,17,23H,1-5,8-12H2,(H,25,26);1H. The highest BCUT2D eigenvalue weighted by atomic mass is 35.5. The fraction of sp³-hybridized carbons (Fsp3) is 0.545. The quantitative estimate of drug-likeness (QED) is 0.709. The highest BCUT2D eigenvalue weighted by Crippen LogP contribution is 2.39. The van der Waals surface area contributed by atoms with Crippen molar-refractivity contribution in [2.75, 3.05) is 13.1 Å². The van der Waals surface area contributed by atoms with Gasteiger partial charge in [0.25, 0.3) is 0 Å². The molecule has 2 heterocycles. The van der Waals surface area contributed by atoms with Gasteiger partial charge in [-0.15, -0.1) is 23.7 Å². The van der Waals surface area contributed by atoms with Gasteiger partial charge in [-0.3, -0.25) is 4.79 Å². The second-order valence-electron chi connectivity index (χ2n) is 7.95. The van der Waals surface area contributed by atoms with Crippen LogP contribution in [0.4, 0.5) is 0 Å². The zero-order chi connectivity index (χ0) is 18.6. The SMILES string of the molecule is Cl.O=C(O)CCC1CCC(c2nc(-c3ccc4c(c3)CCNCC4)cs2)CC1. The minimum absolute atomic E-state index is 0. The predicted octanol–water partition coefficient (Wildman–Crippen LogP) is 5.06. The number of fused-ring (bicyclic) bond motifs is 1. The number of carboxylic acid groups (broad SMARTS) is 1. The molecule has 6 heteroatoms. The van der Waals surface area contributed by atoms with E-state index in [4.69, 9.17) is 10.1 Å². The van der Waals surface area contributed by atoms with Crippen molar-refractivity contribution in [1.82, 2.24) is 10.3 Å². The maximum Gasteiger partial charge on any atom is 0.303 e. The summed E-state index contributed by atoms with van der Waals surface area (Å²) in [6.45, 7) is 2.13. The van der Waals surface area contributed by atoms with Gasteiger partial charge in [0.05, 0.1) is 10.7 Å². The summed E-state index contributed by atoms with van der Waals surface area (Å²) in [5, 5.41) is 15.8. The van der Waals surface area contributed by atoms with Gasteiger partial charge in [0.1, 0.15) is 0 Å². The van der Waals surface area contributed by atoms with Gasteiger partial charge in [-0.1, -0.05) is 12.1 Å². The Morgan fingerprint density at radius 3 is 2.64 bits per heavy atom. The first-order valence-corrected chi connectivity index (χ1v) is 11.1. The Bertz CT molecular complexity index is 800. The van der Waals surface area contributed by atoms with E-state index in [1.807, 2.05) is 0 Å². The van der Waals surface area contributed by atoms with Crippen LogP contribution in [0, 0.1) is 5.92 Å². The Kier molecular flexibility index (Phi) is 7.49. The van der Waals surface area contributed by atoms with Crippen LogP contribution < -0.4 is 5.32 Å². The largest absolute Gasteiger partial charge is 0.481 e. The Morgan fingerprint density at radius 2 is 1.89 bits per heavy atom. The van der Waals surface area contributed by atoms with E-state index in [1.54, 1.807) is 11.3 Å². The summed E-state index contributed by atoms with van der Waals surface area (Å²) in [5.41, 5.74) is 5.29. The van der Waals surface area contributed by atoms with Gasteiger partial charge in [-0.25, -0.2) is 4.98 Å². The molecule has 0 radical (unpaired) electrons. The van der Waals surface area contributed by atoms with Crippen molar-refractivity contribution in [2.24, 2.45) is 5.92 Å². The van der Waals surface area contributed by atoms with Gasteiger partial charge in [0, 0.05) is 23.3 Å². The van der Waals surface area contributed by atoms with Crippen LogP contribution in [0.5, 0.6) is 0 Å². The lowest BCUT2D eigenvalue weighted by atomic mass is 9.80. The van der Waals surface area contributed by atoms with Crippen LogP contribution in [0.25, 0.3) is 11.3 Å². The number of nitrogens with zero attached hydrogens (tertiary/aromatic N) is 1. The molecule has 1 saturated carbocycles. The summed E-state index contributed by atoms with van der Waals surface area (Å²) < 4.78 is 0. The topological polar surface area (TPSA) is 62.2 Å². The Balaban J connectivity index is 0.00000225. The molecule has 1 fully saturated rings. The zero-order valence-corrected chi connectivity index (χ0v) is 17.8. The third-order valence-corrected chi connectivity index (χ3v) is 7.14. The fourth-order valence-electron chi connectivity index (χ4n) is 4.47. The second kappa shape index (κ2) is 9.86. The van der Waals surface area contributed by atoms with E-state index in [2.05, 4.69) is 28.9 Å². The highest BCUT2D eigenvalue weighted by Gasteiger charge is 2.25. The molecule has 1 aliphatic heterocycles. The third-order valence-electron chi connectivity index (χ3n) is 6.13. The normalized spacial score (nSPS) is 22.0. The summed E-state index contributed by atoms with van der Waals surface area (Å²) >= 11 is 1.79. The van der Waals surface area contributed by atoms with Gasteiger partial charge in [-0.05, 0) is 81.1 Å². The lowest BCUT2D eigenvalue weighted by Crippen LogP contribution is -2.16. The highest BCUT2D eigenvalue weighted by molar-refractivity contribution is 7.10. The molecule has 0 spiro atoms. The zero-order valence-electron chi connectivity index (χ0n) is 16.2. The molecule has 0 unspecified atom stereocenters. The molecule has 0 amide bonds. The molecule has 1 aliphatic carbocycles. The van der Waals surface area contributed by atoms with E-state index in [0.29, 0.717) is 18.3 Å². The van der Waals surface area contributed by atoms with Crippen LogP contribution in [0.1, 0.15) is 60.6 Å². The van der Waals surface area contributed by atoms with Crippen molar-refractivity contribution < 1.29 is 9.90 Å². The second-order valence-corrected chi connectivity index (χ2v) is 8.84. The number of thiazole rings is 1. The molecular formula is C22H29ClN2O2S. The van der Waals surface area contributed by atoms with Crippen LogP contribution in [0.15, 0.2) is 23.6 Å². The average Bonchev–Trinajstić information content (AvgIpc) is 3.06. The van der Waals surface area contributed by atoms with Crippen molar-refractivity contribution in [3.63, 3.8) is 0 Å². The van der Waals surface area contributed by atoms with Crippen LogP contribution in [-0.4, -0.2) is 29.1 Å². The molecule has 0 atom stereocenters. The molecule has 4 rings (SSSR count). The summed E-state index contributed by atoms with van der Waals surface area (Å²) in [6.07, 6.45) is 7.92. The predicted molar refractivity (Wildman–Crippen MR) is 117 cm³/mol. The average molecular weight is 421 g/mol. The van der Waals surface area contributed by atoms with Crippen LogP contribution in [-0.2, 0) is 17.6 Å². The van der Waals surface area contributed by atoms with Crippen LogP contribution in [0.3, 0.4) is 0 Å². The Hall–Kier alpha value is -1.43. The van der Waals surface area contributed by atoms with Crippen molar-refractivity contribution in [1.29, 1.82) is 0 Å². The van der Waals surface area contributed by atoms with Crippen molar-refractivity contribution >= 4 is 29.7 Å². The van der Waals surface area contributed by atoms with Gasteiger partial charge < -0.3 is 10.4 Å². The van der Waals surface area contributed by atoms with E-state index in [9.17, 15) is 4.79 Å². The molecule has 28 heavy (non-hydrogen) atoms. The van der Waals surface area contributed by atoms with Crippen molar-refractivity contribution in [3.05, 3.63) is 39.7 Å². The number of halogens is 1. The lowest BCUT2D eigenvalue weighted by Gasteiger charge is -2.26. The number of aliphatic carboxylic acids is 1. The molecule has 152 valence electrons. The smallest absolute Gasteiger partial charge is 0.303 e. The monoisotopic (exact) mass is 420 g/mol. The Morgan fingerprint density at radius 1 is 1.14 bits per heavy atom. The van der Waals surface area contributed by atoms with Crippen molar-refractivity contribution in [2.45, 2.75) is 57.3 Å². The lowest BCUT2D eigenvalue weighted by molar-refractivity contribution is -0.137. The third kappa shape index (κ3) is 5.13. The number of nitrogens with one attached hydrogen (secondary N) is 1. The first-order chi connectivity index (χ1) is 13.2. The van der Waals surface area contributed by atoms with E-state index in [-0.39, 0.29) is 12.4 Å². The fourth-order valence-corrected chi connectivity index (χ4v) is 5.47. The van der Waals surface area contributed by atoms with Gasteiger partial charge in [0.2, 0.25) is 0 Å². The maximum atomic E-state index is 10.8. The molecule has 2 aromatic rings. The summed E-state index contributed by atoms with van der Waals surface area (Å²) in [4.78, 5) is 15.7. The van der Waals surface area contributed by atoms with Gasteiger partial charge in [-0.2, -0.15) is 0 Å². The Labute approximate surface area is 177 Å². The molecule has 4 nitrogen and oxygen atoms in total. The summed E-state index contributed by atoms with van der Waals surface area (Å²) in [6, 6.07) is 6.85. The number of aromatic nitrogens is 1. The molecule has 2 aliphatic rings. The van der Waals surface area contributed by atoms with Crippen molar-refractivity contribution in [3.8, 4) is 11.3 Å². The number of rotatable bonds is 5. The molecule has 1 aromatic heterocycles. The van der Waals surface area contributed by atoms with Gasteiger partial charge >= 0.3 is 5.97 Å². The van der Waals surface area contributed by atoms with Crippen LogP contribution in [0.2, 0.25) is 0 Å². The first-order valence-electron chi connectivity index (χ1n) is 10.2. The van der Waals surface area contributed by atoms with E-state index in [0.717, 1.165) is 63.7 Å². The van der Waals surface area contributed by atoms with E-state index < -0.39 is 5.97 Å². The molecule has 0 bridgehead atoms. The summed E-state index contributed by atoms with van der Waals surface area (Å²) in [5.74, 6) is 0.461. The minimum Gasteiger partial charge on any atom is -0.481 e. The molecule has 1 aromatic carbocycles. The molecule has 2 N–H and O–H groups in total. The van der Waals surface area contributed by atoms with E-state index >= 15 is 0 Å². The minimum atomic E-state index is -0.668. The maximum absolute atomic E-state index is 10.8. The van der Waals surface area contributed by atoms with Crippen LogP contribution >= 0.6 is 23.7 Å². The van der Waals surface area contributed by atoms with E-state index in [1.165, 1.54) is 21.7 Å². The summed E-state index contributed by atoms with van der Waals surface area (Å²) in [7, 11) is 0. The number of hydrogen-bond acceptors (Lipinski definition) is 4. The number of carbonyl (C=O) groups is 1. The number of hydrogen-bond donors (Lipinski definition) is 2. The molecule has 0 saturated heterocycles. The van der Waals surface area contributed by atoms with Gasteiger partial charge in [0.15, 0.2) is 0 Å². The molecular weight excluding hydrogens is 392 g/mol. The first kappa shape index (κ1) is 21.3. The number of carboxylic acids is 1. The number of benzene rings is 1.